The molecule has 0 aliphatic heterocycles. The molecule has 0 unspecified atom stereocenters. The Morgan fingerprint density at radius 2 is 1.44 bits per heavy atom. The second-order valence-corrected chi connectivity index (χ2v) is 17.0. The summed E-state index contributed by atoms with van der Waals surface area (Å²) >= 11 is -2.07. The van der Waals surface area contributed by atoms with Crippen molar-refractivity contribution in [1.82, 2.24) is 0 Å². The molecule has 0 spiro atoms. The summed E-state index contributed by atoms with van der Waals surface area (Å²) < 4.78 is 4.87. The van der Waals surface area contributed by atoms with Gasteiger partial charge >= 0.3 is 61.6 Å². The van der Waals surface area contributed by atoms with E-state index in [4.69, 9.17) is 0 Å². The van der Waals surface area contributed by atoms with Crippen LogP contribution < -0.4 is 0 Å². The molecule has 54 valence electrons. The molecular weight excluding hydrogens is 219 g/mol. The van der Waals surface area contributed by atoms with Crippen LogP contribution in [0.25, 0.3) is 0 Å². The average molecular weight is 235 g/mol. The fraction of sp³-hybridized carbons (Fsp3) is 0.857. The van der Waals surface area contributed by atoms with E-state index in [9.17, 15) is 4.79 Å². The van der Waals surface area contributed by atoms with E-state index >= 15 is 0 Å². The van der Waals surface area contributed by atoms with Gasteiger partial charge < -0.3 is 0 Å². The van der Waals surface area contributed by atoms with Crippen LogP contribution in [-0.2, 0) is 4.79 Å². The van der Waals surface area contributed by atoms with Gasteiger partial charge in [0, 0.05) is 0 Å². The summed E-state index contributed by atoms with van der Waals surface area (Å²) in [6.07, 6.45) is 0. The molecule has 0 aromatic heterocycles. The molecule has 0 aromatic rings. The van der Waals surface area contributed by atoms with Crippen LogP contribution in [0, 0.1) is 0 Å². The second kappa shape index (κ2) is 4.31. The minimum atomic E-state index is -2.07. The number of hydrogen-bond acceptors (Lipinski definition) is 1. The summed E-state index contributed by atoms with van der Waals surface area (Å²) in [5, 5.41) is 0. The van der Waals surface area contributed by atoms with Gasteiger partial charge in [0.05, 0.1) is 0 Å². The summed E-state index contributed by atoms with van der Waals surface area (Å²) in [5.74, 6) is 0. The SMILES string of the molecule is C[CH2][Sn]([CH]=O)([CH2]C)[CH2]C. The van der Waals surface area contributed by atoms with Crippen molar-refractivity contribution >= 4 is 22.7 Å². The van der Waals surface area contributed by atoms with Crippen molar-refractivity contribution in [2.45, 2.75) is 34.1 Å². The standard InChI is InChI=1S/3C2H5.CHO.Sn/c4*1-2;/h3*1H2,2H3;1H;. The third kappa shape index (κ3) is 2.28. The van der Waals surface area contributed by atoms with E-state index in [1.807, 2.05) is 0 Å². The minimum absolute atomic E-state index is 1.19. The van der Waals surface area contributed by atoms with Crippen molar-refractivity contribution in [2.75, 3.05) is 0 Å². The summed E-state index contributed by atoms with van der Waals surface area (Å²) in [4.78, 5) is 10.6. The Bertz CT molecular complexity index is 78.7. The Hall–Kier alpha value is 0.469. The van der Waals surface area contributed by atoms with E-state index < -0.39 is 18.4 Å². The van der Waals surface area contributed by atoms with E-state index in [1.54, 1.807) is 0 Å². The van der Waals surface area contributed by atoms with Gasteiger partial charge in [-0.25, -0.2) is 0 Å². The fourth-order valence-electron chi connectivity index (χ4n) is 1.00. The van der Waals surface area contributed by atoms with Crippen molar-refractivity contribution in [3.63, 3.8) is 0 Å². The normalized spacial score (nSPS) is 11.4. The summed E-state index contributed by atoms with van der Waals surface area (Å²) in [7, 11) is 0. The predicted octanol–water partition coefficient (Wildman–Crippen LogP) is 2.27. The Balaban J connectivity index is 3.98. The van der Waals surface area contributed by atoms with E-state index in [2.05, 4.69) is 20.8 Å². The fourth-order valence-corrected chi connectivity index (χ4v) is 6.71. The average Bonchev–Trinajstić information content (AvgIpc) is 1.95. The zero-order valence-electron chi connectivity index (χ0n) is 6.61. The first-order valence-electron chi connectivity index (χ1n) is 3.71. The molecule has 0 N–H and O–H groups in total. The molecule has 2 heteroatoms. The number of carbonyl (C=O) groups excluding carboxylic acids is 1. The first kappa shape index (κ1) is 9.47. The van der Waals surface area contributed by atoms with Crippen molar-refractivity contribution in [2.24, 2.45) is 0 Å². The molecule has 0 aliphatic carbocycles. The van der Waals surface area contributed by atoms with E-state index in [0.717, 1.165) is 0 Å². The molecule has 0 radical (unpaired) electrons. The van der Waals surface area contributed by atoms with Gasteiger partial charge in [0.25, 0.3) is 0 Å². The third-order valence-electron chi connectivity index (χ3n) is 2.36. The van der Waals surface area contributed by atoms with E-state index in [-0.39, 0.29) is 0 Å². The van der Waals surface area contributed by atoms with Crippen molar-refractivity contribution < 1.29 is 4.79 Å². The molecule has 9 heavy (non-hydrogen) atoms. The maximum absolute atomic E-state index is 10.6. The van der Waals surface area contributed by atoms with Gasteiger partial charge in [0.15, 0.2) is 0 Å². The maximum atomic E-state index is 10.6. The molecule has 1 nitrogen and oxygen atoms in total. The molecular formula is C7H16OSn. The summed E-state index contributed by atoms with van der Waals surface area (Å²) in [5.41, 5.74) is 0. The number of carbonyl (C=O) groups is 1. The first-order valence-corrected chi connectivity index (χ1v) is 11.4. The Kier molecular flexibility index (Phi) is 4.53. The number of hydrogen-bond donors (Lipinski definition) is 0. The topological polar surface area (TPSA) is 17.1 Å². The molecule has 0 amide bonds. The first-order chi connectivity index (χ1) is 4.24. The molecule has 0 saturated heterocycles. The predicted molar refractivity (Wildman–Crippen MR) is 43.9 cm³/mol. The van der Waals surface area contributed by atoms with Crippen LogP contribution in [0.4, 0.5) is 0 Å². The van der Waals surface area contributed by atoms with Gasteiger partial charge in [-0.1, -0.05) is 0 Å². The molecule has 0 fully saturated rings. The zero-order chi connectivity index (χ0) is 7.33. The van der Waals surface area contributed by atoms with Crippen LogP contribution in [0.3, 0.4) is 0 Å². The second-order valence-electron chi connectivity index (χ2n) is 2.54. The molecule has 0 heterocycles. The molecule has 0 aromatic carbocycles. The van der Waals surface area contributed by atoms with Crippen LogP contribution in [0.15, 0.2) is 0 Å². The van der Waals surface area contributed by atoms with Gasteiger partial charge in [-0.05, 0) is 0 Å². The van der Waals surface area contributed by atoms with Crippen molar-refractivity contribution in [3.8, 4) is 0 Å². The Morgan fingerprint density at radius 3 is 1.44 bits per heavy atom. The zero-order valence-corrected chi connectivity index (χ0v) is 9.46. The van der Waals surface area contributed by atoms with Crippen molar-refractivity contribution in [3.05, 3.63) is 0 Å². The summed E-state index contributed by atoms with van der Waals surface area (Å²) in [6, 6.07) is 0. The Labute approximate surface area is 61.7 Å². The third-order valence-corrected chi connectivity index (χ3v) is 15.8. The van der Waals surface area contributed by atoms with E-state index in [0.29, 0.717) is 0 Å². The van der Waals surface area contributed by atoms with Crippen LogP contribution in [0.2, 0.25) is 13.3 Å². The Morgan fingerprint density at radius 1 is 1.11 bits per heavy atom. The number of rotatable bonds is 4. The molecule has 0 atom stereocenters. The van der Waals surface area contributed by atoms with Crippen LogP contribution in [0.1, 0.15) is 20.8 Å². The molecule has 0 aliphatic rings. The van der Waals surface area contributed by atoms with Gasteiger partial charge in [-0.15, -0.1) is 0 Å². The quantitative estimate of drug-likeness (QED) is 0.539. The molecule has 0 bridgehead atoms. The van der Waals surface area contributed by atoms with Crippen molar-refractivity contribution in [1.29, 1.82) is 0 Å². The summed E-state index contributed by atoms with van der Waals surface area (Å²) in [6.45, 7) is 6.49. The van der Waals surface area contributed by atoms with Gasteiger partial charge in [0.1, 0.15) is 0 Å². The monoisotopic (exact) mass is 236 g/mol. The molecule has 0 saturated carbocycles. The van der Waals surface area contributed by atoms with Gasteiger partial charge in [-0.3, -0.25) is 0 Å². The van der Waals surface area contributed by atoms with Gasteiger partial charge in [0.2, 0.25) is 0 Å². The van der Waals surface area contributed by atoms with Crippen LogP contribution >= 0.6 is 0 Å². The van der Waals surface area contributed by atoms with Crippen LogP contribution in [0.5, 0.6) is 0 Å². The van der Waals surface area contributed by atoms with E-state index in [1.165, 1.54) is 17.6 Å². The van der Waals surface area contributed by atoms with Gasteiger partial charge in [-0.2, -0.15) is 0 Å². The molecule has 0 rings (SSSR count). The van der Waals surface area contributed by atoms with Crippen LogP contribution in [-0.4, -0.2) is 22.7 Å².